The van der Waals surface area contributed by atoms with Gasteiger partial charge in [-0.25, -0.2) is 8.42 Å². The number of carbonyl (C=O) groups excluding carboxylic acids is 1. The average Bonchev–Trinajstić information content (AvgIpc) is 3.03. The molecule has 2 rings (SSSR count). The van der Waals surface area contributed by atoms with E-state index < -0.39 is 10.0 Å². The number of aryl methyl sites for hydroxylation is 1. The van der Waals surface area contributed by atoms with Crippen molar-refractivity contribution in [1.82, 2.24) is 9.62 Å². The summed E-state index contributed by atoms with van der Waals surface area (Å²) in [6.07, 6.45) is 3.00. The van der Waals surface area contributed by atoms with Gasteiger partial charge in [-0.3, -0.25) is 4.79 Å². The molecular weight excluding hydrogens is 338 g/mol. The van der Waals surface area contributed by atoms with Crippen molar-refractivity contribution in [1.29, 1.82) is 0 Å². The van der Waals surface area contributed by atoms with Crippen LogP contribution in [0, 0.1) is 12.8 Å². The van der Waals surface area contributed by atoms with Crippen molar-refractivity contribution < 1.29 is 13.2 Å². The van der Waals surface area contributed by atoms with Gasteiger partial charge in [-0.1, -0.05) is 26.3 Å². The number of nitrogens with one attached hydrogen (secondary N) is 1. The molecule has 3 N–H and O–H groups in total. The number of nitrogens with two attached hydrogens (primary N) is 1. The maximum absolute atomic E-state index is 12.8. The maximum Gasteiger partial charge on any atom is 0.251 e. The van der Waals surface area contributed by atoms with E-state index in [2.05, 4.69) is 5.32 Å². The maximum atomic E-state index is 12.8. The van der Waals surface area contributed by atoms with Gasteiger partial charge in [0.2, 0.25) is 10.0 Å². The number of rotatable bonds is 7. The number of sulfonamides is 1. The van der Waals surface area contributed by atoms with Gasteiger partial charge in [-0.15, -0.1) is 0 Å². The van der Waals surface area contributed by atoms with E-state index in [0.29, 0.717) is 36.7 Å². The van der Waals surface area contributed by atoms with Gasteiger partial charge in [0.05, 0.1) is 4.90 Å². The molecule has 2 unspecified atom stereocenters. The van der Waals surface area contributed by atoms with E-state index >= 15 is 0 Å². The van der Waals surface area contributed by atoms with Crippen molar-refractivity contribution in [2.75, 3.05) is 19.6 Å². The Morgan fingerprint density at radius 2 is 1.96 bits per heavy atom. The van der Waals surface area contributed by atoms with Crippen LogP contribution in [0.5, 0.6) is 0 Å². The number of hydrogen-bond donors (Lipinski definition) is 2. The highest BCUT2D eigenvalue weighted by Crippen LogP contribution is 2.26. The summed E-state index contributed by atoms with van der Waals surface area (Å²) in [7, 11) is -3.60. The molecule has 1 aliphatic rings. The molecule has 0 heterocycles. The lowest BCUT2D eigenvalue weighted by Gasteiger charge is -2.21. The number of benzene rings is 1. The first-order valence-corrected chi connectivity index (χ1v) is 10.4. The monoisotopic (exact) mass is 367 g/mol. The second-order valence-corrected chi connectivity index (χ2v) is 8.48. The molecule has 0 saturated heterocycles. The van der Waals surface area contributed by atoms with Crippen LogP contribution in [0.3, 0.4) is 0 Å². The molecule has 6 nitrogen and oxygen atoms in total. The topological polar surface area (TPSA) is 92.5 Å². The van der Waals surface area contributed by atoms with Gasteiger partial charge in [0.1, 0.15) is 0 Å². The molecule has 25 heavy (non-hydrogen) atoms. The Hall–Kier alpha value is -1.44. The van der Waals surface area contributed by atoms with E-state index in [1.807, 2.05) is 0 Å². The van der Waals surface area contributed by atoms with Crippen LogP contribution < -0.4 is 11.1 Å². The lowest BCUT2D eigenvalue weighted by Crippen LogP contribution is -2.40. The van der Waals surface area contributed by atoms with Crippen molar-refractivity contribution in [3.8, 4) is 0 Å². The van der Waals surface area contributed by atoms with Gasteiger partial charge in [-0.05, 0) is 49.9 Å². The summed E-state index contributed by atoms with van der Waals surface area (Å²) >= 11 is 0. The zero-order valence-corrected chi connectivity index (χ0v) is 16.1. The molecule has 0 bridgehead atoms. The number of carbonyl (C=O) groups is 1. The van der Waals surface area contributed by atoms with Crippen molar-refractivity contribution in [3.63, 3.8) is 0 Å². The number of hydrogen-bond acceptors (Lipinski definition) is 4. The Morgan fingerprint density at radius 1 is 1.28 bits per heavy atom. The molecule has 1 saturated carbocycles. The quantitative estimate of drug-likeness (QED) is 0.770. The summed E-state index contributed by atoms with van der Waals surface area (Å²) < 4.78 is 27.0. The molecule has 2 atom stereocenters. The van der Waals surface area contributed by atoms with Crippen LogP contribution in [0.15, 0.2) is 23.1 Å². The van der Waals surface area contributed by atoms with E-state index in [1.54, 1.807) is 32.9 Å². The summed E-state index contributed by atoms with van der Waals surface area (Å²) in [6.45, 7) is 6.71. The minimum absolute atomic E-state index is 0.0710. The molecule has 1 amide bonds. The van der Waals surface area contributed by atoms with Gasteiger partial charge in [-0.2, -0.15) is 4.31 Å². The van der Waals surface area contributed by atoms with Crippen molar-refractivity contribution in [3.05, 3.63) is 29.3 Å². The molecule has 1 aromatic rings. The van der Waals surface area contributed by atoms with E-state index in [9.17, 15) is 13.2 Å². The third-order valence-corrected chi connectivity index (χ3v) is 7.24. The average molecular weight is 368 g/mol. The summed E-state index contributed by atoms with van der Waals surface area (Å²) in [5, 5.41) is 3.02. The van der Waals surface area contributed by atoms with Crippen LogP contribution in [0.4, 0.5) is 0 Å². The van der Waals surface area contributed by atoms with Gasteiger partial charge in [0.25, 0.3) is 5.91 Å². The number of nitrogens with zero attached hydrogens (tertiary/aromatic N) is 1. The highest BCUT2D eigenvalue weighted by atomic mass is 32.2. The normalized spacial score (nSPS) is 20.8. The van der Waals surface area contributed by atoms with Crippen LogP contribution in [0.25, 0.3) is 0 Å². The van der Waals surface area contributed by atoms with Crippen LogP contribution >= 0.6 is 0 Å². The molecule has 0 aromatic heterocycles. The van der Waals surface area contributed by atoms with E-state index in [1.165, 1.54) is 10.4 Å². The van der Waals surface area contributed by atoms with Crippen LogP contribution in [0.2, 0.25) is 0 Å². The van der Waals surface area contributed by atoms with Crippen LogP contribution in [-0.2, 0) is 10.0 Å². The predicted octanol–water partition coefficient (Wildman–Crippen LogP) is 1.88. The molecule has 0 radical (unpaired) electrons. The fourth-order valence-corrected chi connectivity index (χ4v) is 5.19. The molecule has 1 aromatic carbocycles. The van der Waals surface area contributed by atoms with Gasteiger partial charge >= 0.3 is 0 Å². The Balaban J connectivity index is 2.28. The fourth-order valence-electron chi connectivity index (χ4n) is 3.48. The second kappa shape index (κ2) is 8.29. The summed E-state index contributed by atoms with van der Waals surface area (Å²) in [5.41, 5.74) is 6.78. The first kappa shape index (κ1) is 19.9. The fraction of sp³-hybridized carbons (Fsp3) is 0.611. The largest absolute Gasteiger partial charge is 0.349 e. The Bertz CT molecular complexity index is 714. The van der Waals surface area contributed by atoms with E-state index in [0.717, 1.165) is 19.3 Å². The summed E-state index contributed by atoms with van der Waals surface area (Å²) in [6, 6.07) is 4.94. The van der Waals surface area contributed by atoms with Crippen LogP contribution in [-0.4, -0.2) is 44.3 Å². The van der Waals surface area contributed by atoms with E-state index in [-0.39, 0.29) is 16.8 Å². The van der Waals surface area contributed by atoms with Gasteiger partial charge < -0.3 is 11.1 Å². The van der Waals surface area contributed by atoms with Crippen LogP contribution in [0.1, 0.15) is 49.0 Å². The summed E-state index contributed by atoms with van der Waals surface area (Å²) in [5.74, 6) is 0.0645. The zero-order valence-electron chi connectivity index (χ0n) is 15.3. The SMILES string of the molecule is CCN(CC)S(=O)(=O)c1cc(C(=O)NC2CCCC2CN)ccc1C. The lowest BCUT2D eigenvalue weighted by atomic mass is 10.0. The molecule has 0 aliphatic heterocycles. The lowest BCUT2D eigenvalue weighted by molar-refractivity contribution is 0.0928. The Kier molecular flexibility index (Phi) is 6.59. The third kappa shape index (κ3) is 4.22. The molecule has 7 heteroatoms. The van der Waals surface area contributed by atoms with Crippen molar-refractivity contribution in [2.24, 2.45) is 11.7 Å². The van der Waals surface area contributed by atoms with E-state index in [4.69, 9.17) is 5.73 Å². The minimum Gasteiger partial charge on any atom is -0.349 e. The second-order valence-electron chi connectivity index (χ2n) is 6.58. The zero-order chi connectivity index (χ0) is 18.6. The number of amides is 1. The molecule has 1 fully saturated rings. The standard InChI is InChI=1S/C18H29N3O3S/c1-4-21(5-2)25(23,24)17-11-14(10-9-13(17)3)18(22)20-16-8-6-7-15(16)12-19/h9-11,15-16H,4-8,12,19H2,1-3H3,(H,20,22). The third-order valence-electron chi connectivity index (χ3n) is 5.05. The highest BCUT2D eigenvalue weighted by Gasteiger charge is 2.29. The Morgan fingerprint density at radius 3 is 2.56 bits per heavy atom. The van der Waals surface area contributed by atoms with Gasteiger partial charge in [0, 0.05) is 24.7 Å². The van der Waals surface area contributed by atoms with Gasteiger partial charge in [0.15, 0.2) is 0 Å². The van der Waals surface area contributed by atoms with Crippen molar-refractivity contribution in [2.45, 2.75) is 51.0 Å². The predicted molar refractivity (Wildman–Crippen MR) is 98.9 cm³/mol. The Labute approximate surface area is 150 Å². The first-order chi connectivity index (χ1) is 11.8. The molecular formula is C18H29N3O3S. The molecule has 1 aliphatic carbocycles. The minimum atomic E-state index is -3.60. The van der Waals surface area contributed by atoms with Crippen molar-refractivity contribution >= 4 is 15.9 Å². The smallest absolute Gasteiger partial charge is 0.251 e. The molecule has 0 spiro atoms. The summed E-state index contributed by atoms with van der Waals surface area (Å²) in [4.78, 5) is 12.8. The first-order valence-electron chi connectivity index (χ1n) is 8.96. The molecule has 140 valence electrons. The highest BCUT2D eigenvalue weighted by molar-refractivity contribution is 7.89.